The van der Waals surface area contributed by atoms with Gasteiger partial charge in [0.1, 0.15) is 5.75 Å². The second-order valence-corrected chi connectivity index (χ2v) is 6.63. The van der Waals surface area contributed by atoms with E-state index in [9.17, 15) is 0 Å². The van der Waals surface area contributed by atoms with Crippen molar-refractivity contribution in [3.05, 3.63) is 23.8 Å². The van der Waals surface area contributed by atoms with Crippen molar-refractivity contribution in [3.8, 4) is 5.75 Å². The Morgan fingerprint density at radius 1 is 1.19 bits per heavy atom. The van der Waals surface area contributed by atoms with E-state index in [1.165, 1.54) is 49.8 Å². The molecule has 0 spiro atoms. The third-order valence-corrected chi connectivity index (χ3v) is 5.27. The van der Waals surface area contributed by atoms with Crippen LogP contribution in [-0.2, 0) is 0 Å². The zero-order valence-electron chi connectivity index (χ0n) is 13.3. The van der Waals surface area contributed by atoms with Gasteiger partial charge in [0.05, 0.1) is 7.11 Å². The number of nitrogens with two attached hydrogens (primary N) is 1. The number of hydrogen-bond donors (Lipinski definition) is 1. The lowest BCUT2D eigenvalue weighted by atomic mass is 9.78. The molecule has 2 N–H and O–H groups in total. The Labute approximate surface area is 128 Å². The number of piperidine rings is 1. The van der Waals surface area contributed by atoms with Crippen molar-refractivity contribution in [2.75, 3.05) is 18.6 Å². The lowest BCUT2D eigenvalue weighted by Gasteiger charge is -2.46. The molecule has 2 fully saturated rings. The standard InChI is InChI=1S/C18H28N2O/c1-13(19)18-16(10-5-11-17(18)21-2)20-12-6-8-14-7-3-4-9-15(14)20/h5,10-11,13-15H,3-4,6-9,12,19H2,1-2H3/t13-,14-,15-/m1/s1. The Balaban J connectivity index is 1.98. The lowest BCUT2D eigenvalue weighted by Crippen LogP contribution is -2.47. The van der Waals surface area contributed by atoms with Crippen molar-refractivity contribution < 1.29 is 4.74 Å². The zero-order valence-corrected chi connectivity index (χ0v) is 13.3. The minimum Gasteiger partial charge on any atom is -0.496 e. The van der Waals surface area contributed by atoms with E-state index in [0.29, 0.717) is 6.04 Å². The fourth-order valence-corrected chi connectivity index (χ4v) is 4.34. The molecular weight excluding hydrogens is 260 g/mol. The Morgan fingerprint density at radius 3 is 2.71 bits per heavy atom. The van der Waals surface area contributed by atoms with Gasteiger partial charge in [0.25, 0.3) is 0 Å². The van der Waals surface area contributed by atoms with Crippen LogP contribution in [0.3, 0.4) is 0 Å². The highest BCUT2D eigenvalue weighted by molar-refractivity contribution is 5.61. The minimum atomic E-state index is 0.000108. The summed E-state index contributed by atoms with van der Waals surface area (Å²) in [6.45, 7) is 3.22. The smallest absolute Gasteiger partial charge is 0.125 e. The number of fused-ring (bicyclic) bond motifs is 1. The van der Waals surface area contributed by atoms with Crippen molar-refractivity contribution in [1.29, 1.82) is 0 Å². The van der Waals surface area contributed by atoms with Crippen LogP contribution in [0.15, 0.2) is 18.2 Å². The highest BCUT2D eigenvalue weighted by Gasteiger charge is 2.34. The SMILES string of the molecule is COc1cccc(N2CCC[C@H]3CCCC[C@H]32)c1[C@@H](C)N. The van der Waals surface area contributed by atoms with Crippen LogP contribution in [-0.4, -0.2) is 19.7 Å². The van der Waals surface area contributed by atoms with Gasteiger partial charge in [-0.15, -0.1) is 0 Å². The van der Waals surface area contributed by atoms with E-state index in [1.54, 1.807) is 7.11 Å². The average Bonchev–Trinajstić information content (AvgIpc) is 2.53. The first-order chi connectivity index (χ1) is 10.2. The molecule has 3 rings (SSSR count). The van der Waals surface area contributed by atoms with E-state index in [2.05, 4.69) is 24.0 Å². The molecule has 1 aliphatic carbocycles. The van der Waals surface area contributed by atoms with Crippen LogP contribution in [0.1, 0.15) is 57.1 Å². The summed E-state index contributed by atoms with van der Waals surface area (Å²) < 4.78 is 5.57. The number of hydrogen-bond acceptors (Lipinski definition) is 3. The predicted octanol–water partition coefficient (Wildman–Crippen LogP) is 3.87. The van der Waals surface area contributed by atoms with Crippen LogP contribution in [0.2, 0.25) is 0 Å². The highest BCUT2D eigenvalue weighted by atomic mass is 16.5. The summed E-state index contributed by atoms with van der Waals surface area (Å²) in [4.78, 5) is 2.63. The molecule has 1 aromatic carbocycles. The molecule has 1 aromatic rings. The van der Waals surface area contributed by atoms with Gasteiger partial charge in [-0.1, -0.05) is 18.9 Å². The molecule has 0 amide bonds. The summed E-state index contributed by atoms with van der Waals surface area (Å²) >= 11 is 0. The summed E-state index contributed by atoms with van der Waals surface area (Å²) in [5.41, 5.74) is 8.74. The molecule has 0 radical (unpaired) electrons. The van der Waals surface area contributed by atoms with Crippen LogP contribution < -0.4 is 15.4 Å². The molecule has 116 valence electrons. The van der Waals surface area contributed by atoms with Gasteiger partial charge >= 0.3 is 0 Å². The number of methoxy groups -OCH3 is 1. The van der Waals surface area contributed by atoms with Crippen molar-refractivity contribution in [3.63, 3.8) is 0 Å². The van der Waals surface area contributed by atoms with E-state index in [1.807, 2.05) is 6.07 Å². The first kappa shape index (κ1) is 14.7. The molecule has 3 heteroatoms. The molecule has 0 aromatic heterocycles. The maximum absolute atomic E-state index is 6.26. The van der Waals surface area contributed by atoms with Gasteiger partial charge in [-0.05, 0) is 50.7 Å². The van der Waals surface area contributed by atoms with Crippen LogP contribution in [0.25, 0.3) is 0 Å². The predicted molar refractivity (Wildman–Crippen MR) is 87.9 cm³/mol. The fourth-order valence-electron chi connectivity index (χ4n) is 4.34. The van der Waals surface area contributed by atoms with Crippen LogP contribution in [0, 0.1) is 5.92 Å². The molecule has 1 saturated heterocycles. The van der Waals surface area contributed by atoms with E-state index >= 15 is 0 Å². The summed E-state index contributed by atoms with van der Waals surface area (Å²) in [5.74, 6) is 1.81. The van der Waals surface area contributed by atoms with E-state index in [0.717, 1.165) is 18.2 Å². The largest absolute Gasteiger partial charge is 0.496 e. The lowest BCUT2D eigenvalue weighted by molar-refractivity contribution is 0.243. The first-order valence-electron chi connectivity index (χ1n) is 8.41. The van der Waals surface area contributed by atoms with E-state index < -0.39 is 0 Å². The summed E-state index contributed by atoms with van der Waals surface area (Å²) in [6.07, 6.45) is 8.22. The van der Waals surface area contributed by atoms with Gasteiger partial charge in [0.2, 0.25) is 0 Å². The number of rotatable bonds is 3. The number of benzene rings is 1. The van der Waals surface area contributed by atoms with Crippen LogP contribution in [0.5, 0.6) is 5.75 Å². The van der Waals surface area contributed by atoms with Crippen molar-refractivity contribution in [2.45, 2.75) is 57.5 Å². The highest BCUT2D eigenvalue weighted by Crippen LogP contribution is 2.41. The zero-order chi connectivity index (χ0) is 14.8. The minimum absolute atomic E-state index is 0.000108. The van der Waals surface area contributed by atoms with Crippen LogP contribution in [0.4, 0.5) is 5.69 Å². The normalized spacial score (nSPS) is 27.1. The molecule has 1 heterocycles. The molecule has 3 nitrogen and oxygen atoms in total. The van der Waals surface area contributed by atoms with Gasteiger partial charge in [0, 0.05) is 29.9 Å². The number of nitrogens with zero attached hydrogens (tertiary/aromatic N) is 1. The third kappa shape index (κ3) is 2.76. The number of ether oxygens (including phenoxy) is 1. The third-order valence-electron chi connectivity index (χ3n) is 5.27. The molecule has 0 bridgehead atoms. The topological polar surface area (TPSA) is 38.5 Å². The first-order valence-corrected chi connectivity index (χ1v) is 8.41. The Kier molecular flexibility index (Phi) is 4.39. The quantitative estimate of drug-likeness (QED) is 0.917. The van der Waals surface area contributed by atoms with Gasteiger partial charge in [-0.3, -0.25) is 0 Å². The van der Waals surface area contributed by atoms with Crippen LogP contribution >= 0.6 is 0 Å². The van der Waals surface area contributed by atoms with Crippen molar-refractivity contribution in [1.82, 2.24) is 0 Å². The van der Waals surface area contributed by atoms with Gasteiger partial charge < -0.3 is 15.4 Å². The molecular formula is C18H28N2O. The summed E-state index contributed by atoms with van der Waals surface area (Å²) in [5, 5.41) is 0. The Bertz CT molecular complexity index is 484. The monoisotopic (exact) mass is 288 g/mol. The summed E-state index contributed by atoms with van der Waals surface area (Å²) in [6, 6.07) is 7.08. The molecule has 2 aliphatic rings. The number of anilines is 1. The molecule has 3 atom stereocenters. The average molecular weight is 288 g/mol. The molecule has 1 saturated carbocycles. The molecule has 21 heavy (non-hydrogen) atoms. The Hall–Kier alpha value is -1.22. The summed E-state index contributed by atoms with van der Waals surface area (Å²) in [7, 11) is 1.74. The van der Waals surface area contributed by atoms with Gasteiger partial charge in [-0.25, -0.2) is 0 Å². The van der Waals surface area contributed by atoms with E-state index in [4.69, 9.17) is 10.5 Å². The van der Waals surface area contributed by atoms with Gasteiger partial charge in [0.15, 0.2) is 0 Å². The van der Waals surface area contributed by atoms with Crippen molar-refractivity contribution in [2.24, 2.45) is 11.7 Å². The maximum atomic E-state index is 6.26. The Morgan fingerprint density at radius 2 is 1.95 bits per heavy atom. The fraction of sp³-hybridized carbons (Fsp3) is 0.667. The second-order valence-electron chi connectivity index (χ2n) is 6.63. The molecule has 0 unspecified atom stereocenters. The molecule has 1 aliphatic heterocycles. The van der Waals surface area contributed by atoms with E-state index in [-0.39, 0.29) is 6.04 Å². The van der Waals surface area contributed by atoms with Gasteiger partial charge in [-0.2, -0.15) is 0 Å². The second kappa shape index (κ2) is 6.27. The van der Waals surface area contributed by atoms with Crippen molar-refractivity contribution >= 4 is 5.69 Å². The maximum Gasteiger partial charge on any atom is 0.125 e.